The summed E-state index contributed by atoms with van der Waals surface area (Å²) in [5.74, 6) is 0.379. The topological polar surface area (TPSA) is 41.5 Å². The zero-order valence-corrected chi connectivity index (χ0v) is 11.8. The molecule has 0 saturated heterocycles. The smallest absolute Gasteiger partial charge is 0.123 e. The number of halogens is 1. The number of hydrogen-bond acceptors (Lipinski definition) is 3. The van der Waals surface area contributed by atoms with Gasteiger partial charge in [-0.05, 0) is 36.2 Å². The monoisotopic (exact) mass is 289 g/mol. The first-order valence-corrected chi connectivity index (χ1v) is 7.07. The average molecular weight is 289 g/mol. The number of aliphatic hydroxyl groups is 1. The maximum Gasteiger partial charge on any atom is 0.123 e. The Morgan fingerprint density at radius 3 is 2.43 bits per heavy atom. The van der Waals surface area contributed by atoms with Crippen molar-refractivity contribution in [3.05, 3.63) is 66.0 Å². The molecule has 2 N–H and O–H groups in total. The van der Waals surface area contributed by atoms with Gasteiger partial charge < -0.3 is 15.2 Å². The van der Waals surface area contributed by atoms with Crippen LogP contribution in [0.15, 0.2) is 54.6 Å². The van der Waals surface area contributed by atoms with E-state index in [0.29, 0.717) is 25.3 Å². The first-order chi connectivity index (χ1) is 10.3. The summed E-state index contributed by atoms with van der Waals surface area (Å²) in [7, 11) is 0. The first-order valence-electron chi connectivity index (χ1n) is 7.07. The summed E-state index contributed by atoms with van der Waals surface area (Å²) in [6, 6.07) is 16.1. The van der Waals surface area contributed by atoms with Gasteiger partial charge in [0.2, 0.25) is 0 Å². The van der Waals surface area contributed by atoms with Crippen LogP contribution in [0.5, 0.6) is 5.75 Å². The largest absolute Gasteiger partial charge is 0.492 e. The van der Waals surface area contributed by atoms with E-state index in [2.05, 4.69) is 5.32 Å². The summed E-state index contributed by atoms with van der Waals surface area (Å²) in [6.07, 6.45) is 0.653. The molecule has 112 valence electrons. The van der Waals surface area contributed by atoms with Crippen molar-refractivity contribution in [2.45, 2.75) is 12.5 Å². The molecule has 0 aliphatic heterocycles. The quantitative estimate of drug-likeness (QED) is 0.734. The molecule has 4 heteroatoms. The minimum absolute atomic E-state index is 0.105. The standard InChI is InChI=1S/C17H20FNO2/c18-15-6-8-16(9-7-15)21-13-11-19-17(10-12-20)14-4-2-1-3-5-14/h1-9,17,19-20H,10-13H2. The molecule has 0 radical (unpaired) electrons. The lowest BCUT2D eigenvalue weighted by Crippen LogP contribution is -2.27. The number of aliphatic hydroxyl groups excluding tert-OH is 1. The number of rotatable bonds is 8. The number of ether oxygens (including phenoxy) is 1. The zero-order chi connectivity index (χ0) is 14.9. The van der Waals surface area contributed by atoms with E-state index >= 15 is 0 Å². The summed E-state index contributed by atoms with van der Waals surface area (Å²) in [4.78, 5) is 0. The highest BCUT2D eigenvalue weighted by Crippen LogP contribution is 2.16. The highest BCUT2D eigenvalue weighted by molar-refractivity contribution is 5.22. The fourth-order valence-electron chi connectivity index (χ4n) is 2.13. The summed E-state index contributed by atoms with van der Waals surface area (Å²) >= 11 is 0. The Morgan fingerprint density at radius 2 is 1.76 bits per heavy atom. The first kappa shape index (κ1) is 15.5. The van der Waals surface area contributed by atoms with Crippen LogP contribution < -0.4 is 10.1 Å². The Labute approximate surface area is 124 Å². The minimum atomic E-state index is -0.271. The second kappa shape index (κ2) is 8.39. The number of benzene rings is 2. The van der Waals surface area contributed by atoms with E-state index in [1.807, 2.05) is 30.3 Å². The third kappa shape index (κ3) is 5.17. The normalized spacial score (nSPS) is 12.1. The molecule has 0 aliphatic carbocycles. The summed E-state index contributed by atoms with van der Waals surface area (Å²) in [6.45, 7) is 1.27. The fraction of sp³-hybridized carbons (Fsp3) is 0.294. The van der Waals surface area contributed by atoms with Crippen molar-refractivity contribution in [2.75, 3.05) is 19.8 Å². The van der Waals surface area contributed by atoms with E-state index in [0.717, 1.165) is 5.56 Å². The maximum absolute atomic E-state index is 12.8. The molecule has 0 fully saturated rings. The van der Waals surface area contributed by atoms with E-state index in [9.17, 15) is 4.39 Å². The average Bonchev–Trinajstić information content (AvgIpc) is 2.53. The van der Waals surface area contributed by atoms with Crippen molar-refractivity contribution >= 4 is 0 Å². The van der Waals surface area contributed by atoms with Crippen LogP contribution in [-0.4, -0.2) is 24.9 Å². The lowest BCUT2D eigenvalue weighted by atomic mass is 10.0. The predicted molar refractivity (Wildman–Crippen MR) is 80.8 cm³/mol. The molecule has 0 saturated carbocycles. The van der Waals surface area contributed by atoms with Crippen LogP contribution in [0.1, 0.15) is 18.0 Å². The Hall–Kier alpha value is -1.91. The van der Waals surface area contributed by atoms with Crippen LogP contribution in [0.2, 0.25) is 0 Å². The molecular formula is C17H20FNO2. The summed E-state index contributed by atoms with van der Waals surface area (Å²) in [5, 5.41) is 12.5. The molecular weight excluding hydrogens is 269 g/mol. The Balaban J connectivity index is 1.78. The van der Waals surface area contributed by atoms with Crippen molar-refractivity contribution in [1.29, 1.82) is 0 Å². The predicted octanol–water partition coefficient (Wildman–Crippen LogP) is 2.92. The van der Waals surface area contributed by atoms with Gasteiger partial charge in [0.05, 0.1) is 0 Å². The maximum atomic E-state index is 12.8. The Kier molecular flexibility index (Phi) is 6.19. The number of nitrogens with one attached hydrogen (secondary N) is 1. The van der Waals surface area contributed by atoms with E-state index < -0.39 is 0 Å². The summed E-state index contributed by atoms with van der Waals surface area (Å²) in [5.41, 5.74) is 1.15. The van der Waals surface area contributed by atoms with Gasteiger partial charge in [-0.1, -0.05) is 30.3 Å². The van der Waals surface area contributed by atoms with Crippen LogP contribution in [0, 0.1) is 5.82 Å². The van der Waals surface area contributed by atoms with E-state index in [4.69, 9.17) is 9.84 Å². The molecule has 3 nitrogen and oxygen atoms in total. The molecule has 0 amide bonds. The Morgan fingerprint density at radius 1 is 1.05 bits per heavy atom. The van der Waals surface area contributed by atoms with Gasteiger partial charge in [0, 0.05) is 19.2 Å². The van der Waals surface area contributed by atoms with Crippen molar-refractivity contribution in [1.82, 2.24) is 5.32 Å². The van der Waals surface area contributed by atoms with Gasteiger partial charge in [-0.15, -0.1) is 0 Å². The van der Waals surface area contributed by atoms with E-state index in [1.54, 1.807) is 12.1 Å². The minimum Gasteiger partial charge on any atom is -0.492 e. The van der Waals surface area contributed by atoms with Gasteiger partial charge in [0.25, 0.3) is 0 Å². The molecule has 0 aromatic heterocycles. The van der Waals surface area contributed by atoms with Gasteiger partial charge in [-0.2, -0.15) is 0 Å². The molecule has 2 aromatic carbocycles. The van der Waals surface area contributed by atoms with Crippen molar-refractivity contribution in [3.8, 4) is 5.75 Å². The highest BCUT2D eigenvalue weighted by Gasteiger charge is 2.09. The van der Waals surface area contributed by atoms with Crippen molar-refractivity contribution in [3.63, 3.8) is 0 Å². The molecule has 0 heterocycles. The molecule has 0 aliphatic rings. The second-order valence-corrected chi connectivity index (χ2v) is 4.73. The van der Waals surface area contributed by atoms with Crippen LogP contribution in [0.25, 0.3) is 0 Å². The van der Waals surface area contributed by atoms with Crippen LogP contribution in [0.3, 0.4) is 0 Å². The molecule has 1 unspecified atom stereocenters. The molecule has 2 rings (SSSR count). The van der Waals surface area contributed by atoms with Crippen LogP contribution >= 0.6 is 0 Å². The van der Waals surface area contributed by atoms with Crippen molar-refractivity contribution < 1.29 is 14.2 Å². The van der Waals surface area contributed by atoms with E-state index in [1.165, 1.54) is 12.1 Å². The lowest BCUT2D eigenvalue weighted by Gasteiger charge is -2.18. The zero-order valence-electron chi connectivity index (χ0n) is 11.8. The molecule has 21 heavy (non-hydrogen) atoms. The van der Waals surface area contributed by atoms with Gasteiger partial charge in [0.1, 0.15) is 18.2 Å². The third-order valence-electron chi connectivity index (χ3n) is 3.19. The van der Waals surface area contributed by atoms with E-state index in [-0.39, 0.29) is 18.5 Å². The fourth-order valence-corrected chi connectivity index (χ4v) is 2.13. The molecule has 0 spiro atoms. The Bertz CT molecular complexity index is 516. The van der Waals surface area contributed by atoms with Gasteiger partial charge in [0.15, 0.2) is 0 Å². The van der Waals surface area contributed by atoms with Gasteiger partial charge in [-0.3, -0.25) is 0 Å². The molecule has 0 bridgehead atoms. The van der Waals surface area contributed by atoms with Crippen LogP contribution in [-0.2, 0) is 0 Å². The highest BCUT2D eigenvalue weighted by atomic mass is 19.1. The van der Waals surface area contributed by atoms with Crippen molar-refractivity contribution in [2.24, 2.45) is 0 Å². The van der Waals surface area contributed by atoms with Crippen LogP contribution in [0.4, 0.5) is 4.39 Å². The second-order valence-electron chi connectivity index (χ2n) is 4.73. The summed E-state index contributed by atoms with van der Waals surface area (Å²) < 4.78 is 18.3. The van der Waals surface area contributed by atoms with Gasteiger partial charge >= 0.3 is 0 Å². The lowest BCUT2D eigenvalue weighted by molar-refractivity contribution is 0.255. The van der Waals surface area contributed by atoms with Gasteiger partial charge in [-0.25, -0.2) is 4.39 Å². The molecule has 1 atom stereocenters. The SMILES string of the molecule is OCCC(NCCOc1ccc(F)cc1)c1ccccc1. The number of hydrogen-bond donors (Lipinski definition) is 2. The molecule has 2 aromatic rings. The third-order valence-corrected chi connectivity index (χ3v) is 3.19.